The fraction of sp³-hybridized carbons (Fsp3) is 0.167. The Bertz CT molecular complexity index is 545. The molecule has 0 amide bonds. The van der Waals surface area contributed by atoms with E-state index in [2.05, 4.69) is 20.9 Å². The third-order valence-corrected chi connectivity index (χ3v) is 3.53. The zero-order valence-corrected chi connectivity index (χ0v) is 11.6. The number of carbonyl (C=O) groups excluding carboxylic acids is 1. The van der Waals surface area contributed by atoms with E-state index >= 15 is 0 Å². The number of benzene rings is 1. The van der Waals surface area contributed by atoms with Crippen LogP contribution in [-0.4, -0.2) is 10.8 Å². The molecule has 1 heterocycles. The van der Waals surface area contributed by atoms with E-state index < -0.39 is 0 Å². The molecule has 2 N–H and O–H groups in total. The summed E-state index contributed by atoms with van der Waals surface area (Å²) >= 11 is 4.88. The number of thiazole rings is 1. The standard InChI is InChI=1S/C12H11BrN2OS/c1-7-15-11(6-17-7)5-12(16)8-2-9(13)4-10(14)3-8/h2-4,6H,5,14H2,1H3. The summed E-state index contributed by atoms with van der Waals surface area (Å²) in [6.07, 6.45) is 0.320. The molecule has 2 aromatic rings. The van der Waals surface area contributed by atoms with E-state index in [9.17, 15) is 4.79 Å². The van der Waals surface area contributed by atoms with Gasteiger partial charge in [-0.05, 0) is 25.1 Å². The molecule has 0 saturated carbocycles. The number of anilines is 1. The molecule has 0 atom stereocenters. The van der Waals surface area contributed by atoms with Crippen molar-refractivity contribution in [3.63, 3.8) is 0 Å². The molecule has 3 nitrogen and oxygen atoms in total. The van der Waals surface area contributed by atoms with Crippen LogP contribution in [0.15, 0.2) is 28.1 Å². The van der Waals surface area contributed by atoms with Crippen LogP contribution in [0.25, 0.3) is 0 Å². The largest absolute Gasteiger partial charge is 0.399 e. The van der Waals surface area contributed by atoms with E-state index in [4.69, 9.17) is 5.73 Å². The second kappa shape index (κ2) is 4.98. The summed E-state index contributed by atoms with van der Waals surface area (Å²) in [6, 6.07) is 5.23. The number of aryl methyl sites for hydroxylation is 1. The minimum atomic E-state index is 0.0308. The Morgan fingerprint density at radius 2 is 2.24 bits per heavy atom. The topological polar surface area (TPSA) is 56.0 Å². The molecule has 5 heteroatoms. The highest BCUT2D eigenvalue weighted by Gasteiger charge is 2.10. The number of rotatable bonds is 3. The number of halogens is 1. The number of carbonyl (C=O) groups is 1. The fourth-order valence-corrected chi connectivity index (χ4v) is 2.65. The van der Waals surface area contributed by atoms with Crippen molar-refractivity contribution in [3.8, 4) is 0 Å². The third-order valence-electron chi connectivity index (χ3n) is 2.25. The quantitative estimate of drug-likeness (QED) is 0.699. The van der Waals surface area contributed by atoms with Gasteiger partial charge in [0.05, 0.1) is 17.1 Å². The van der Waals surface area contributed by atoms with Gasteiger partial charge < -0.3 is 5.73 Å². The zero-order valence-electron chi connectivity index (χ0n) is 9.24. The van der Waals surface area contributed by atoms with Crippen molar-refractivity contribution in [2.45, 2.75) is 13.3 Å². The molecular weight excluding hydrogens is 300 g/mol. The van der Waals surface area contributed by atoms with Crippen molar-refractivity contribution in [2.24, 2.45) is 0 Å². The Hall–Kier alpha value is -1.20. The molecule has 0 spiro atoms. The number of hydrogen-bond donors (Lipinski definition) is 1. The minimum absolute atomic E-state index is 0.0308. The lowest BCUT2D eigenvalue weighted by Gasteiger charge is -2.02. The number of aromatic nitrogens is 1. The van der Waals surface area contributed by atoms with Gasteiger partial charge in [0.2, 0.25) is 0 Å². The Morgan fingerprint density at radius 3 is 2.82 bits per heavy atom. The molecule has 1 aromatic carbocycles. The first-order valence-electron chi connectivity index (χ1n) is 5.05. The van der Waals surface area contributed by atoms with Gasteiger partial charge in [-0.1, -0.05) is 15.9 Å². The summed E-state index contributed by atoms with van der Waals surface area (Å²) in [5, 5.41) is 2.88. The van der Waals surface area contributed by atoms with Crippen LogP contribution in [-0.2, 0) is 6.42 Å². The van der Waals surface area contributed by atoms with Crippen molar-refractivity contribution < 1.29 is 4.79 Å². The van der Waals surface area contributed by atoms with Crippen LogP contribution in [0, 0.1) is 6.92 Å². The number of nitrogens with two attached hydrogens (primary N) is 1. The van der Waals surface area contributed by atoms with Gasteiger partial charge >= 0.3 is 0 Å². The first-order chi connectivity index (χ1) is 8.04. The predicted octanol–water partition coefficient (Wildman–Crippen LogP) is 3.22. The van der Waals surface area contributed by atoms with Gasteiger partial charge in [0.25, 0.3) is 0 Å². The minimum Gasteiger partial charge on any atom is -0.399 e. The Labute approximate surface area is 112 Å². The molecule has 17 heavy (non-hydrogen) atoms. The molecule has 0 bridgehead atoms. The van der Waals surface area contributed by atoms with Crippen molar-refractivity contribution in [3.05, 3.63) is 44.3 Å². The molecule has 0 saturated heterocycles. The molecule has 0 aliphatic rings. The highest BCUT2D eigenvalue weighted by molar-refractivity contribution is 9.10. The third kappa shape index (κ3) is 3.14. The number of ketones is 1. The molecule has 1 aromatic heterocycles. The molecule has 0 radical (unpaired) electrons. The average Bonchev–Trinajstić information content (AvgIpc) is 2.62. The van der Waals surface area contributed by atoms with Crippen LogP contribution < -0.4 is 5.73 Å². The van der Waals surface area contributed by atoms with Gasteiger partial charge in [0, 0.05) is 21.1 Å². The molecular formula is C12H11BrN2OS. The van der Waals surface area contributed by atoms with E-state index in [1.165, 1.54) is 0 Å². The van der Waals surface area contributed by atoms with Crippen LogP contribution >= 0.6 is 27.3 Å². The van der Waals surface area contributed by atoms with E-state index in [0.717, 1.165) is 15.2 Å². The molecule has 88 valence electrons. The van der Waals surface area contributed by atoms with Crippen LogP contribution in [0.1, 0.15) is 21.1 Å². The van der Waals surface area contributed by atoms with Crippen molar-refractivity contribution >= 4 is 38.7 Å². The maximum Gasteiger partial charge on any atom is 0.168 e. The van der Waals surface area contributed by atoms with Gasteiger partial charge in [-0.3, -0.25) is 4.79 Å². The summed E-state index contributed by atoms with van der Waals surface area (Å²) < 4.78 is 0.815. The highest BCUT2D eigenvalue weighted by atomic mass is 79.9. The number of nitrogen functional groups attached to an aromatic ring is 1. The van der Waals surface area contributed by atoms with Gasteiger partial charge in [-0.15, -0.1) is 11.3 Å². The Balaban J connectivity index is 2.19. The normalized spacial score (nSPS) is 10.5. The van der Waals surface area contributed by atoms with E-state index in [1.54, 1.807) is 29.5 Å². The summed E-state index contributed by atoms with van der Waals surface area (Å²) in [7, 11) is 0. The van der Waals surface area contributed by atoms with Crippen molar-refractivity contribution in [2.75, 3.05) is 5.73 Å². The molecule has 2 rings (SSSR count). The van der Waals surface area contributed by atoms with E-state index in [-0.39, 0.29) is 5.78 Å². The molecule has 0 aliphatic carbocycles. The van der Waals surface area contributed by atoms with E-state index in [0.29, 0.717) is 17.7 Å². The second-order valence-corrected chi connectivity index (χ2v) is 5.71. The van der Waals surface area contributed by atoms with Gasteiger partial charge in [-0.2, -0.15) is 0 Å². The van der Waals surface area contributed by atoms with E-state index in [1.807, 2.05) is 12.3 Å². The molecule has 0 aliphatic heterocycles. The van der Waals surface area contributed by atoms with Crippen LogP contribution in [0.5, 0.6) is 0 Å². The maximum atomic E-state index is 12.0. The Kier molecular flexibility index (Phi) is 3.59. The molecule has 0 unspecified atom stereocenters. The van der Waals surface area contributed by atoms with Gasteiger partial charge in [0.15, 0.2) is 5.78 Å². The van der Waals surface area contributed by atoms with Crippen molar-refractivity contribution in [1.29, 1.82) is 0 Å². The monoisotopic (exact) mass is 310 g/mol. The molecule has 0 fully saturated rings. The first-order valence-corrected chi connectivity index (χ1v) is 6.72. The lowest BCUT2D eigenvalue weighted by Crippen LogP contribution is -2.04. The number of hydrogen-bond acceptors (Lipinski definition) is 4. The SMILES string of the molecule is Cc1nc(CC(=O)c2cc(N)cc(Br)c2)cs1. The Morgan fingerprint density at radius 1 is 1.47 bits per heavy atom. The average molecular weight is 311 g/mol. The number of Topliss-reactive ketones (excluding diaryl/α,β-unsaturated/α-hetero) is 1. The lowest BCUT2D eigenvalue weighted by molar-refractivity contribution is 0.0992. The number of nitrogens with zero attached hydrogens (tertiary/aromatic N) is 1. The van der Waals surface area contributed by atoms with Crippen molar-refractivity contribution in [1.82, 2.24) is 4.98 Å². The fourth-order valence-electron chi connectivity index (χ4n) is 1.53. The highest BCUT2D eigenvalue weighted by Crippen LogP contribution is 2.19. The zero-order chi connectivity index (χ0) is 12.4. The van der Waals surface area contributed by atoms with Crippen LogP contribution in [0.4, 0.5) is 5.69 Å². The van der Waals surface area contributed by atoms with Gasteiger partial charge in [-0.25, -0.2) is 4.98 Å². The summed E-state index contributed by atoms with van der Waals surface area (Å²) in [5.74, 6) is 0.0308. The maximum absolute atomic E-state index is 12.0. The summed E-state index contributed by atoms with van der Waals surface area (Å²) in [6.45, 7) is 1.93. The van der Waals surface area contributed by atoms with Crippen LogP contribution in [0.3, 0.4) is 0 Å². The van der Waals surface area contributed by atoms with Crippen LogP contribution in [0.2, 0.25) is 0 Å². The smallest absolute Gasteiger partial charge is 0.168 e. The summed E-state index contributed by atoms with van der Waals surface area (Å²) in [5.41, 5.74) is 7.71. The predicted molar refractivity (Wildman–Crippen MR) is 73.4 cm³/mol. The second-order valence-electron chi connectivity index (χ2n) is 3.73. The van der Waals surface area contributed by atoms with Gasteiger partial charge in [0.1, 0.15) is 0 Å². The first kappa shape index (κ1) is 12.3. The lowest BCUT2D eigenvalue weighted by atomic mass is 10.1. The summed E-state index contributed by atoms with van der Waals surface area (Å²) in [4.78, 5) is 16.3.